The third-order valence-electron chi connectivity index (χ3n) is 4.00. The first kappa shape index (κ1) is 17.9. The van der Waals surface area contributed by atoms with Crippen LogP contribution < -0.4 is 10.3 Å². The van der Waals surface area contributed by atoms with E-state index in [1.54, 1.807) is 50.4 Å². The summed E-state index contributed by atoms with van der Waals surface area (Å²) in [6.45, 7) is 1.51. The van der Waals surface area contributed by atoms with Gasteiger partial charge in [-0.2, -0.15) is 10.4 Å². The van der Waals surface area contributed by atoms with Crippen LogP contribution in [0.5, 0.6) is 11.6 Å². The smallest absolute Gasteiger partial charge is 0.281 e. The lowest BCUT2D eigenvalue weighted by Crippen LogP contribution is -2.22. The Balaban J connectivity index is 2.07. The van der Waals surface area contributed by atoms with Gasteiger partial charge in [0, 0.05) is 5.56 Å². The number of pyridine rings is 1. The molecule has 2 aromatic heterocycles. The van der Waals surface area contributed by atoms with Crippen LogP contribution in [0.2, 0.25) is 0 Å². The molecule has 3 aromatic rings. The first-order valence-electron chi connectivity index (χ1n) is 7.99. The molecular formula is C19H16N4O4. The van der Waals surface area contributed by atoms with Gasteiger partial charge in [-0.25, -0.2) is 0 Å². The monoisotopic (exact) mass is 364 g/mol. The minimum Gasteiger partial charge on any atom is -0.497 e. The summed E-state index contributed by atoms with van der Waals surface area (Å²) < 4.78 is 11.3. The summed E-state index contributed by atoms with van der Waals surface area (Å²) in [6, 6.07) is 12.0. The van der Waals surface area contributed by atoms with E-state index in [-0.39, 0.29) is 23.4 Å². The SMILES string of the molecule is COc1ccc(N=Nc2c(C)c(C#N)c(O)n(Cc3ccco3)c2=O)cc1. The van der Waals surface area contributed by atoms with Crippen molar-refractivity contribution in [2.75, 3.05) is 7.11 Å². The fourth-order valence-corrected chi connectivity index (χ4v) is 2.52. The van der Waals surface area contributed by atoms with Crippen LogP contribution in [0.3, 0.4) is 0 Å². The number of aromatic nitrogens is 1. The number of hydrogen-bond donors (Lipinski definition) is 1. The average Bonchev–Trinajstić information content (AvgIpc) is 3.19. The van der Waals surface area contributed by atoms with E-state index in [1.165, 1.54) is 6.26 Å². The van der Waals surface area contributed by atoms with Crippen LogP contribution >= 0.6 is 0 Å². The maximum atomic E-state index is 12.8. The molecule has 8 nitrogen and oxygen atoms in total. The van der Waals surface area contributed by atoms with Gasteiger partial charge in [-0.3, -0.25) is 9.36 Å². The zero-order valence-electron chi connectivity index (χ0n) is 14.7. The van der Waals surface area contributed by atoms with Crippen molar-refractivity contribution in [2.45, 2.75) is 13.5 Å². The Morgan fingerprint density at radius 1 is 1.26 bits per heavy atom. The molecule has 0 radical (unpaired) electrons. The quantitative estimate of drug-likeness (QED) is 0.692. The highest BCUT2D eigenvalue weighted by atomic mass is 16.5. The van der Waals surface area contributed by atoms with Crippen LogP contribution in [0.25, 0.3) is 0 Å². The molecule has 0 saturated carbocycles. The second kappa shape index (κ2) is 7.58. The number of azo groups is 1. The molecule has 8 heteroatoms. The third kappa shape index (κ3) is 3.57. The molecule has 0 bridgehead atoms. The molecule has 0 unspecified atom stereocenters. The number of nitriles is 1. The normalized spacial score (nSPS) is 10.9. The van der Waals surface area contributed by atoms with E-state index in [9.17, 15) is 15.2 Å². The second-order valence-electron chi connectivity index (χ2n) is 5.65. The van der Waals surface area contributed by atoms with Gasteiger partial charge in [-0.15, -0.1) is 5.11 Å². The van der Waals surface area contributed by atoms with Crippen molar-refractivity contribution in [2.24, 2.45) is 10.2 Å². The van der Waals surface area contributed by atoms with E-state index in [2.05, 4.69) is 10.2 Å². The predicted molar refractivity (Wildman–Crippen MR) is 96.8 cm³/mol. The number of aromatic hydroxyl groups is 1. The van der Waals surface area contributed by atoms with E-state index in [4.69, 9.17) is 9.15 Å². The van der Waals surface area contributed by atoms with Gasteiger partial charge in [0.2, 0.25) is 5.88 Å². The summed E-state index contributed by atoms with van der Waals surface area (Å²) in [5.41, 5.74) is 0.140. The lowest BCUT2D eigenvalue weighted by molar-refractivity contribution is 0.397. The highest BCUT2D eigenvalue weighted by Crippen LogP contribution is 2.27. The molecule has 2 heterocycles. The number of ether oxygens (including phenoxy) is 1. The highest BCUT2D eigenvalue weighted by molar-refractivity contribution is 5.57. The Hall–Kier alpha value is -3.86. The standard InChI is InChI=1S/C19H16N4O4/c1-12-16(10-20)18(24)23(11-15-4-3-9-27-15)19(25)17(12)22-21-13-5-7-14(26-2)8-6-13/h3-9,24H,11H2,1-2H3. The molecule has 136 valence electrons. The fourth-order valence-electron chi connectivity index (χ4n) is 2.52. The first-order chi connectivity index (χ1) is 13.0. The van der Waals surface area contributed by atoms with Crippen molar-refractivity contribution >= 4 is 11.4 Å². The maximum Gasteiger partial charge on any atom is 0.281 e. The molecule has 0 aliphatic heterocycles. The van der Waals surface area contributed by atoms with Gasteiger partial charge < -0.3 is 14.3 Å². The zero-order valence-corrected chi connectivity index (χ0v) is 14.7. The van der Waals surface area contributed by atoms with Crippen LogP contribution in [-0.4, -0.2) is 16.8 Å². The minimum atomic E-state index is -0.572. The molecule has 0 fully saturated rings. The molecule has 0 aliphatic carbocycles. The summed E-state index contributed by atoms with van der Waals surface area (Å²) in [7, 11) is 1.56. The Labute approximate surface area is 154 Å². The molecule has 1 N–H and O–H groups in total. The molecule has 27 heavy (non-hydrogen) atoms. The van der Waals surface area contributed by atoms with Gasteiger partial charge in [0.05, 0.1) is 25.6 Å². The van der Waals surface area contributed by atoms with Crippen LogP contribution in [0.15, 0.2) is 62.1 Å². The van der Waals surface area contributed by atoms with Crippen molar-refractivity contribution in [3.05, 3.63) is 69.9 Å². The largest absolute Gasteiger partial charge is 0.497 e. The van der Waals surface area contributed by atoms with Crippen molar-refractivity contribution in [3.63, 3.8) is 0 Å². The van der Waals surface area contributed by atoms with E-state index >= 15 is 0 Å². The Kier molecular flexibility index (Phi) is 5.04. The maximum absolute atomic E-state index is 12.8. The molecule has 0 amide bonds. The molecule has 1 aromatic carbocycles. The molecule has 0 spiro atoms. The zero-order chi connectivity index (χ0) is 19.4. The third-order valence-corrected chi connectivity index (χ3v) is 4.00. The summed E-state index contributed by atoms with van der Waals surface area (Å²) >= 11 is 0. The van der Waals surface area contributed by atoms with Gasteiger partial charge in [0.15, 0.2) is 5.69 Å². The molecule has 3 rings (SSSR count). The predicted octanol–water partition coefficient (Wildman–Crippen LogP) is 3.80. The number of methoxy groups -OCH3 is 1. The Morgan fingerprint density at radius 2 is 2.00 bits per heavy atom. The van der Waals surface area contributed by atoms with Crippen molar-refractivity contribution in [1.82, 2.24) is 4.57 Å². The highest BCUT2D eigenvalue weighted by Gasteiger charge is 2.19. The molecular weight excluding hydrogens is 348 g/mol. The van der Waals surface area contributed by atoms with Crippen molar-refractivity contribution in [3.8, 4) is 17.7 Å². The Morgan fingerprint density at radius 3 is 2.59 bits per heavy atom. The summed E-state index contributed by atoms with van der Waals surface area (Å²) in [4.78, 5) is 12.8. The minimum absolute atomic E-state index is 0.0216. The number of furan rings is 1. The number of hydrogen-bond acceptors (Lipinski definition) is 7. The summed E-state index contributed by atoms with van der Waals surface area (Å²) in [5.74, 6) is 0.695. The van der Waals surface area contributed by atoms with E-state index in [0.29, 0.717) is 17.2 Å². The van der Waals surface area contributed by atoms with Gasteiger partial charge in [0.25, 0.3) is 5.56 Å². The molecule has 0 atom stereocenters. The van der Waals surface area contributed by atoms with Crippen LogP contribution in [0, 0.1) is 18.3 Å². The van der Waals surface area contributed by atoms with Gasteiger partial charge in [-0.05, 0) is 43.3 Å². The lowest BCUT2D eigenvalue weighted by atomic mass is 10.1. The van der Waals surface area contributed by atoms with E-state index in [0.717, 1.165) is 4.57 Å². The van der Waals surface area contributed by atoms with Crippen LogP contribution in [0.4, 0.5) is 11.4 Å². The van der Waals surface area contributed by atoms with Gasteiger partial charge in [0.1, 0.15) is 23.1 Å². The number of rotatable bonds is 5. The average molecular weight is 364 g/mol. The fraction of sp³-hybridized carbons (Fsp3) is 0.158. The molecule has 0 saturated heterocycles. The van der Waals surface area contributed by atoms with Crippen molar-refractivity contribution in [1.29, 1.82) is 5.26 Å². The Bertz CT molecular complexity index is 1070. The van der Waals surface area contributed by atoms with Gasteiger partial charge in [-0.1, -0.05) is 0 Å². The van der Waals surface area contributed by atoms with Crippen LogP contribution in [0.1, 0.15) is 16.9 Å². The summed E-state index contributed by atoms with van der Waals surface area (Å²) in [6.07, 6.45) is 1.46. The van der Waals surface area contributed by atoms with Gasteiger partial charge >= 0.3 is 0 Å². The van der Waals surface area contributed by atoms with Crippen LogP contribution in [-0.2, 0) is 6.54 Å². The van der Waals surface area contributed by atoms with Crippen molar-refractivity contribution < 1.29 is 14.3 Å². The lowest BCUT2D eigenvalue weighted by Gasteiger charge is -2.11. The second-order valence-corrected chi connectivity index (χ2v) is 5.65. The first-order valence-corrected chi connectivity index (χ1v) is 7.99. The van der Waals surface area contributed by atoms with E-state index < -0.39 is 11.4 Å². The molecule has 0 aliphatic rings. The van der Waals surface area contributed by atoms with E-state index in [1.807, 2.05) is 6.07 Å². The number of nitrogens with zero attached hydrogens (tertiary/aromatic N) is 4. The topological polar surface area (TPSA) is 113 Å². The number of benzene rings is 1. The summed E-state index contributed by atoms with van der Waals surface area (Å²) in [5, 5.41) is 27.8.